The molecule has 0 fully saturated rings. The molecule has 0 radical (unpaired) electrons. The van der Waals surface area contributed by atoms with Crippen molar-refractivity contribution in [2.45, 2.75) is 59.3 Å². The van der Waals surface area contributed by atoms with Gasteiger partial charge < -0.3 is 5.32 Å². The van der Waals surface area contributed by atoms with Gasteiger partial charge in [-0.1, -0.05) is 6.92 Å². The molecule has 0 amide bonds. The Labute approximate surface area is 120 Å². The summed E-state index contributed by atoms with van der Waals surface area (Å²) in [5, 5.41) is 12.2. The highest BCUT2D eigenvalue weighted by molar-refractivity contribution is 5.00. The Morgan fingerprint density at radius 3 is 2.80 bits per heavy atom. The van der Waals surface area contributed by atoms with Crippen molar-refractivity contribution in [1.29, 1.82) is 0 Å². The van der Waals surface area contributed by atoms with Crippen LogP contribution in [0, 0.1) is 0 Å². The van der Waals surface area contributed by atoms with Gasteiger partial charge in [-0.15, -0.1) is 0 Å². The highest BCUT2D eigenvalue weighted by Gasteiger charge is 2.10. The number of nitrogens with one attached hydrogen (secondary N) is 1. The van der Waals surface area contributed by atoms with Gasteiger partial charge in [-0.3, -0.25) is 4.68 Å². The highest BCUT2D eigenvalue weighted by atomic mass is 15.4. The van der Waals surface area contributed by atoms with Gasteiger partial charge in [0.25, 0.3) is 0 Å². The average molecular weight is 276 g/mol. The summed E-state index contributed by atoms with van der Waals surface area (Å²) in [6.45, 7) is 10.9. The molecule has 6 heteroatoms. The van der Waals surface area contributed by atoms with Crippen LogP contribution in [-0.4, -0.2) is 30.1 Å². The maximum absolute atomic E-state index is 4.56. The first kappa shape index (κ1) is 14.7. The van der Waals surface area contributed by atoms with Gasteiger partial charge in [0, 0.05) is 24.8 Å². The van der Waals surface area contributed by atoms with Gasteiger partial charge in [-0.25, -0.2) is 9.67 Å². The maximum Gasteiger partial charge on any atom is 0.148 e. The fourth-order valence-corrected chi connectivity index (χ4v) is 1.90. The Morgan fingerprint density at radius 2 is 2.10 bits per heavy atom. The van der Waals surface area contributed by atoms with Crippen molar-refractivity contribution in [3.05, 3.63) is 30.1 Å². The van der Waals surface area contributed by atoms with Crippen LogP contribution in [0.1, 0.15) is 45.6 Å². The molecule has 0 aromatic carbocycles. The summed E-state index contributed by atoms with van der Waals surface area (Å²) in [6, 6.07) is 2.04. The topological polar surface area (TPSA) is 60.6 Å². The van der Waals surface area contributed by atoms with Gasteiger partial charge in [-0.05, 0) is 33.3 Å². The Kier molecular flexibility index (Phi) is 4.54. The first-order valence-electron chi connectivity index (χ1n) is 7.12. The molecular weight excluding hydrogens is 252 g/mol. The molecule has 0 spiro atoms. The zero-order valence-corrected chi connectivity index (χ0v) is 12.8. The molecule has 2 heterocycles. The van der Waals surface area contributed by atoms with Gasteiger partial charge >= 0.3 is 0 Å². The molecule has 1 N–H and O–H groups in total. The molecule has 2 aromatic heterocycles. The second kappa shape index (κ2) is 6.17. The van der Waals surface area contributed by atoms with E-state index in [-0.39, 0.29) is 5.54 Å². The minimum atomic E-state index is 0.102. The largest absolute Gasteiger partial charge is 0.306 e. The Bertz CT molecular complexity index is 534. The standard InChI is InChI=1S/C14H24N6/c1-5-7-20-13(15-11-17-20)10-19-8-6-12(18-19)9-16-14(2,3)4/h6,8,11,16H,5,7,9-10H2,1-4H3. The molecule has 0 unspecified atom stereocenters. The molecule has 0 aliphatic carbocycles. The summed E-state index contributed by atoms with van der Waals surface area (Å²) in [6.07, 6.45) is 4.65. The van der Waals surface area contributed by atoms with Crippen LogP contribution in [-0.2, 0) is 19.6 Å². The lowest BCUT2D eigenvalue weighted by Crippen LogP contribution is -2.35. The minimum absolute atomic E-state index is 0.102. The van der Waals surface area contributed by atoms with Crippen molar-refractivity contribution in [3.63, 3.8) is 0 Å². The second-order valence-electron chi connectivity index (χ2n) is 6.01. The van der Waals surface area contributed by atoms with Crippen LogP contribution in [0.5, 0.6) is 0 Å². The molecule has 0 bridgehead atoms. The first-order chi connectivity index (χ1) is 9.48. The molecule has 0 saturated heterocycles. The van der Waals surface area contributed by atoms with Crippen molar-refractivity contribution in [2.24, 2.45) is 0 Å². The number of aryl methyl sites for hydroxylation is 1. The van der Waals surface area contributed by atoms with Crippen LogP contribution in [0.4, 0.5) is 0 Å². The zero-order valence-electron chi connectivity index (χ0n) is 12.8. The SMILES string of the molecule is CCCn1ncnc1Cn1ccc(CNC(C)(C)C)n1. The third-order valence-electron chi connectivity index (χ3n) is 2.93. The zero-order chi connectivity index (χ0) is 14.6. The predicted octanol–water partition coefficient (Wildman–Crippen LogP) is 1.82. The quantitative estimate of drug-likeness (QED) is 0.874. The van der Waals surface area contributed by atoms with Crippen LogP contribution < -0.4 is 5.32 Å². The van der Waals surface area contributed by atoms with Gasteiger partial charge in [-0.2, -0.15) is 10.2 Å². The van der Waals surface area contributed by atoms with E-state index < -0.39 is 0 Å². The number of nitrogens with zero attached hydrogens (tertiary/aromatic N) is 5. The van der Waals surface area contributed by atoms with Crippen molar-refractivity contribution >= 4 is 0 Å². The Morgan fingerprint density at radius 1 is 1.30 bits per heavy atom. The summed E-state index contributed by atoms with van der Waals surface area (Å²) in [5.74, 6) is 0.949. The normalized spacial score (nSPS) is 12.0. The van der Waals surface area contributed by atoms with Crippen molar-refractivity contribution in [2.75, 3.05) is 0 Å². The molecule has 0 saturated carbocycles. The molecular formula is C14H24N6. The van der Waals surface area contributed by atoms with E-state index in [0.29, 0.717) is 6.54 Å². The number of hydrogen-bond donors (Lipinski definition) is 1. The number of hydrogen-bond acceptors (Lipinski definition) is 4. The van der Waals surface area contributed by atoms with Crippen LogP contribution >= 0.6 is 0 Å². The monoisotopic (exact) mass is 276 g/mol. The molecule has 0 atom stereocenters. The smallest absolute Gasteiger partial charge is 0.148 e. The van der Waals surface area contributed by atoms with Gasteiger partial charge in [0.15, 0.2) is 0 Å². The molecule has 2 aromatic rings. The van der Waals surface area contributed by atoms with Gasteiger partial charge in [0.2, 0.25) is 0 Å². The van der Waals surface area contributed by atoms with E-state index in [1.54, 1.807) is 6.33 Å². The lowest BCUT2D eigenvalue weighted by atomic mass is 10.1. The number of aromatic nitrogens is 5. The van der Waals surface area contributed by atoms with Gasteiger partial charge in [0.1, 0.15) is 18.7 Å². The van der Waals surface area contributed by atoms with E-state index in [1.165, 1.54) is 0 Å². The third kappa shape index (κ3) is 4.16. The fourth-order valence-electron chi connectivity index (χ4n) is 1.90. The summed E-state index contributed by atoms with van der Waals surface area (Å²) < 4.78 is 3.85. The maximum atomic E-state index is 4.56. The predicted molar refractivity (Wildman–Crippen MR) is 78.2 cm³/mol. The van der Waals surface area contributed by atoms with Crippen LogP contribution in [0.25, 0.3) is 0 Å². The van der Waals surface area contributed by atoms with E-state index in [1.807, 2.05) is 21.6 Å². The summed E-state index contributed by atoms with van der Waals surface area (Å²) >= 11 is 0. The van der Waals surface area contributed by atoms with E-state index in [0.717, 1.165) is 31.0 Å². The van der Waals surface area contributed by atoms with Crippen molar-refractivity contribution in [3.8, 4) is 0 Å². The molecule has 0 aliphatic rings. The van der Waals surface area contributed by atoms with E-state index in [2.05, 4.69) is 48.2 Å². The Hall–Kier alpha value is -1.69. The van der Waals surface area contributed by atoms with Crippen LogP contribution in [0.15, 0.2) is 18.6 Å². The van der Waals surface area contributed by atoms with Crippen LogP contribution in [0.3, 0.4) is 0 Å². The van der Waals surface area contributed by atoms with E-state index in [9.17, 15) is 0 Å². The highest BCUT2D eigenvalue weighted by Crippen LogP contribution is 2.04. The second-order valence-corrected chi connectivity index (χ2v) is 6.01. The molecule has 6 nitrogen and oxygen atoms in total. The summed E-state index contributed by atoms with van der Waals surface area (Å²) in [5.41, 5.74) is 1.15. The summed E-state index contributed by atoms with van der Waals surface area (Å²) in [7, 11) is 0. The van der Waals surface area contributed by atoms with Crippen molar-refractivity contribution < 1.29 is 0 Å². The molecule has 20 heavy (non-hydrogen) atoms. The lowest BCUT2D eigenvalue weighted by molar-refractivity contribution is 0.419. The lowest BCUT2D eigenvalue weighted by Gasteiger charge is -2.19. The molecule has 0 aliphatic heterocycles. The molecule has 2 rings (SSSR count). The Balaban J connectivity index is 1.97. The summed E-state index contributed by atoms with van der Waals surface area (Å²) in [4.78, 5) is 4.30. The third-order valence-corrected chi connectivity index (χ3v) is 2.93. The molecule has 110 valence electrons. The van der Waals surface area contributed by atoms with Crippen LogP contribution in [0.2, 0.25) is 0 Å². The minimum Gasteiger partial charge on any atom is -0.306 e. The fraction of sp³-hybridized carbons (Fsp3) is 0.643. The van der Waals surface area contributed by atoms with E-state index >= 15 is 0 Å². The van der Waals surface area contributed by atoms with Gasteiger partial charge in [0.05, 0.1) is 5.69 Å². The van der Waals surface area contributed by atoms with E-state index in [4.69, 9.17) is 0 Å². The average Bonchev–Trinajstić information content (AvgIpc) is 2.97. The van der Waals surface area contributed by atoms with Crippen molar-refractivity contribution in [1.82, 2.24) is 29.9 Å². The first-order valence-corrected chi connectivity index (χ1v) is 7.12. The number of rotatable bonds is 6.